The molecule has 0 spiro atoms. The number of carbonyl (C=O) groups is 3. The van der Waals surface area contributed by atoms with Gasteiger partial charge >= 0.3 is 5.97 Å². The Labute approximate surface area is 164 Å². The molecule has 0 saturated carbocycles. The summed E-state index contributed by atoms with van der Waals surface area (Å²) < 4.78 is 10.5. The molecule has 1 unspecified atom stereocenters. The molecule has 152 valence electrons. The Kier molecular flexibility index (Phi) is 6.06. The fourth-order valence-electron chi connectivity index (χ4n) is 3.98. The Morgan fingerprint density at radius 3 is 2.64 bits per heavy atom. The first-order valence-corrected chi connectivity index (χ1v) is 9.46. The fourth-order valence-corrected chi connectivity index (χ4v) is 3.98. The van der Waals surface area contributed by atoms with Crippen LogP contribution in [0.1, 0.15) is 24.8 Å². The second kappa shape index (κ2) is 8.50. The standard InChI is InChI=1S/C20H26N2O6/c1-27-16-6-5-13(10-17(16)28-2)7-9-21-12-14(11-18(21)23)19(24)22-8-3-4-15(22)20(25)26/h5-6,10,14-15H,3-4,7-9,11-12H2,1-2H3,(H,25,26)/t14?,15-/m0/s1. The Bertz CT molecular complexity index is 765. The van der Waals surface area contributed by atoms with E-state index in [1.807, 2.05) is 18.2 Å². The first-order chi connectivity index (χ1) is 13.4. The minimum absolute atomic E-state index is 0.0649. The van der Waals surface area contributed by atoms with E-state index in [-0.39, 0.29) is 18.2 Å². The van der Waals surface area contributed by atoms with E-state index >= 15 is 0 Å². The molecule has 2 saturated heterocycles. The number of ether oxygens (including phenoxy) is 2. The van der Waals surface area contributed by atoms with Crippen molar-refractivity contribution in [2.45, 2.75) is 31.7 Å². The molecule has 2 amide bonds. The van der Waals surface area contributed by atoms with Crippen LogP contribution in [-0.2, 0) is 20.8 Å². The predicted molar refractivity (Wildman–Crippen MR) is 100 cm³/mol. The van der Waals surface area contributed by atoms with E-state index in [1.54, 1.807) is 19.1 Å². The molecule has 3 rings (SSSR count). The highest BCUT2D eigenvalue weighted by Gasteiger charge is 2.41. The average molecular weight is 390 g/mol. The number of rotatable bonds is 7. The second-order valence-electron chi connectivity index (χ2n) is 7.21. The molecule has 0 radical (unpaired) electrons. The first-order valence-electron chi connectivity index (χ1n) is 9.46. The van der Waals surface area contributed by atoms with Gasteiger partial charge in [-0.2, -0.15) is 0 Å². The Morgan fingerprint density at radius 2 is 1.96 bits per heavy atom. The number of amides is 2. The highest BCUT2D eigenvalue weighted by Crippen LogP contribution is 2.29. The minimum Gasteiger partial charge on any atom is -0.493 e. The van der Waals surface area contributed by atoms with Crippen molar-refractivity contribution in [1.82, 2.24) is 9.80 Å². The van der Waals surface area contributed by atoms with Gasteiger partial charge in [-0.1, -0.05) is 6.07 Å². The lowest BCUT2D eigenvalue weighted by Gasteiger charge is -2.24. The van der Waals surface area contributed by atoms with E-state index in [2.05, 4.69) is 0 Å². The highest BCUT2D eigenvalue weighted by molar-refractivity contribution is 5.91. The average Bonchev–Trinajstić information content (AvgIpc) is 3.32. The quantitative estimate of drug-likeness (QED) is 0.751. The number of carboxylic acids is 1. The van der Waals surface area contributed by atoms with Crippen LogP contribution in [0.25, 0.3) is 0 Å². The minimum atomic E-state index is -0.972. The van der Waals surface area contributed by atoms with Gasteiger partial charge in [0.2, 0.25) is 11.8 Å². The van der Waals surface area contributed by atoms with E-state index in [0.717, 1.165) is 5.56 Å². The summed E-state index contributed by atoms with van der Waals surface area (Å²) in [6, 6.07) is 4.87. The van der Waals surface area contributed by atoms with Gasteiger partial charge in [-0.25, -0.2) is 4.79 Å². The zero-order valence-corrected chi connectivity index (χ0v) is 16.2. The molecule has 0 bridgehead atoms. The van der Waals surface area contributed by atoms with E-state index in [1.165, 1.54) is 4.90 Å². The van der Waals surface area contributed by atoms with Gasteiger partial charge in [0.25, 0.3) is 0 Å². The van der Waals surface area contributed by atoms with Crippen LogP contribution < -0.4 is 9.47 Å². The molecular weight excluding hydrogens is 364 g/mol. The number of carbonyl (C=O) groups excluding carboxylic acids is 2. The van der Waals surface area contributed by atoms with Crippen molar-refractivity contribution in [3.63, 3.8) is 0 Å². The van der Waals surface area contributed by atoms with Gasteiger partial charge in [-0.05, 0) is 37.0 Å². The summed E-state index contributed by atoms with van der Waals surface area (Å²) >= 11 is 0. The zero-order chi connectivity index (χ0) is 20.3. The van der Waals surface area contributed by atoms with Crippen LogP contribution in [0.2, 0.25) is 0 Å². The molecule has 2 fully saturated rings. The number of methoxy groups -OCH3 is 2. The van der Waals surface area contributed by atoms with Gasteiger partial charge in [-0.3, -0.25) is 9.59 Å². The molecule has 2 atom stereocenters. The molecule has 8 nitrogen and oxygen atoms in total. The SMILES string of the molecule is COc1ccc(CCN2CC(C(=O)N3CCC[C@H]3C(=O)O)CC2=O)cc1OC. The molecule has 2 heterocycles. The van der Waals surface area contributed by atoms with Crippen LogP contribution >= 0.6 is 0 Å². The largest absolute Gasteiger partial charge is 0.493 e. The van der Waals surface area contributed by atoms with Crippen LogP contribution in [-0.4, -0.2) is 72.6 Å². The zero-order valence-electron chi connectivity index (χ0n) is 16.2. The third-order valence-corrected chi connectivity index (χ3v) is 5.50. The lowest BCUT2D eigenvalue weighted by Crippen LogP contribution is -2.44. The topological polar surface area (TPSA) is 96.4 Å². The Hall–Kier alpha value is -2.77. The summed E-state index contributed by atoms with van der Waals surface area (Å²) in [5, 5.41) is 9.28. The van der Waals surface area contributed by atoms with Crippen molar-refractivity contribution in [3.8, 4) is 11.5 Å². The fraction of sp³-hybridized carbons (Fsp3) is 0.550. The van der Waals surface area contributed by atoms with E-state index in [9.17, 15) is 19.5 Å². The maximum absolute atomic E-state index is 12.7. The van der Waals surface area contributed by atoms with Crippen LogP contribution in [0.5, 0.6) is 11.5 Å². The van der Waals surface area contributed by atoms with Crippen molar-refractivity contribution in [2.75, 3.05) is 33.9 Å². The number of hydrogen-bond acceptors (Lipinski definition) is 5. The van der Waals surface area contributed by atoms with Crippen LogP contribution in [0.15, 0.2) is 18.2 Å². The normalized spacial score (nSPS) is 21.9. The molecule has 8 heteroatoms. The van der Waals surface area contributed by atoms with Gasteiger partial charge in [0.05, 0.1) is 20.1 Å². The molecule has 2 aliphatic heterocycles. The summed E-state index contributed by atoms with van der Waals surface area (Å²) in [6.45, 7) is 1.29. The van der Waals surface area contributed by atoms with Crippen LogP contribution in [0.3, 0.4) is 0 Å². The number of aliphatic carboxylic acids is 1. The summed E-state index contributed by atoms with van der Waals surface area (Å²) in [4.78, 5) is 39.5. The monoisotopic (exact) mass is 390 g/mol. The van der Waals surface area contributed by atoms with Crippen molar-refractivity contribution in [3.05, 3.63) is 23.8 Å². The molecule has 1 N–H and O–H groups in total. The van der Waals surface area contributed by atoms with E-state index < -0.39 is 17.9 Å². The van der Waals surface area contributed by atoms with Crippen molar-refractivity contribution >= 4 is 17.8 Å². The number of likely N-dealkylation sites (tertiary alicyclic amines) is 2. The van der Waals surface area contributed by atoms with Crippen LogP contribution in [0.4, 0.5) is 0 Å². The molecule has 0 aliphatic carbocycles. The molecule has 1 aromatic rings. The predicted octanol–water partition coefficient (Wildman–Crippen LogP) is 1.17. The second-order valence-corrected chi connectivity index (χ2v) is 7.21. The van der Waals surface area contributed by atoms with Gasteiger partial charge in [0, 0.05) is 26.1 Å². The lowest BCUT2D eigenvalue weighted by molar-refractivity contribution is -0.149. The maximum Gasteiger partial charge on any atom is 0.326 e. The third kappa shape index (κ3) is 4.05. The number of hydrogen-bond donors (Lipinski definition) is 1. The van der Waals surface area contributed by atoms with Gasteiger partial charge in [0.1, 0.15) is 6.04 Å². The summed E-state index contributed by atoms with van der Waals surface area (Å²) in [7, 11) is 3.15. The molecule has 28 heavy (non-hydrogen) atoms. The summed E-state index contributed by atoms with van der Waals surface area (Å²) in [5.74, 6) is -0.433. The molecular formula is C20H26N2O6. The number of carboxylic acid groups (broad SMARTS) is 1. The third-order valence-electron chi connectivity index (χ3n) is 5.50. The van der Waals surface area contributed by atoms with E-state index in [4.69, 9.17) is 9.47 Å². The van der Waals surface area contributed by atoms with Gasteiger partial charge in [-0.15, -0.1) is 0 Å². The molecule has 1 aromatic carbocycles. The van der Waals surface area contributed by atoms with Gasteiger partial charge < -0.3 is 24.4 Å². The van der Waals surface area contributed by atoms with Crippen molar-refractivity contribution in [2.24, 2.45) is 5.92 Å². The van der Waals surface area contributed by atoms with Crippen molar-refractivity contribution in [1.29, 1.82) is 0 Å². The van der Waals surface area contributed by atoms with Crippen molar-refractivity contribution < 1.29 is 29.0 Å². The smallest absolute Gasteiger partial charge is 0.326 e. The first kappa shape index (κ1) is 20.0. The maximum atomic E-state index is 12.7. The summed E-state index contributed by atoms with van der Waals surface area (Å²) in [6.07, 6.45) is 1.94. The Balaban J connectivity index is 1.59. The summed E-state index contributed by atoms with van der Waals surface area (Å²) in [5.41, 5.74) is 1.01. The lowest BCUT2D eigenvalue weighted by atomic mass is 10.1. The molecule has 0 aromatic heterocycles. The molecule has 2 aliphatic rings. The number of benzene rings is 1. The Morgan fingerprint density at radius 1 is 1.21 bits per heavy atom. The van der Waals surface area contributed by atoms with Crippen LogP contribution in [0, 0.1) is 5.92 Å². The van der Waals surface area contributed by atoms with Gasteiger partial charge in [0.15, 0.2) is 11.5 Å². The van der Waals surface area contributed by atoms with E-state index in [0.29, 0.717) is 50.4 Å². The number of nitrogens with zero attached hydrogens (tertiary/aromatic N) is 2. The highest BCUT2D eigenvalue weighted by atomic mass is 16.5.